The van der Waals surface area contributed by atoms with Gasteiger partial charge in [0.15, 0.2) is 16.6 Å². The van der Waals surface area contributed by atoms with E-state index in [1.165, 1.54) is 7.11 Å². The number of nitrogens with two attached hydrogens (primary N) is 1. The minimum Gasteiger partial charge on any atom is -0.504 e. The van der Waals surface area contributed by atoms with Crippen LogP contribution in [0.4, 0.5) is 5.69 Å². The van der Waals surface area contributed by atoms with E-state index in [1.807, 2.05) is 0 Å². The van der Waals surface area contributed by atoms with Crippen molar-refractivity contribution in [1.82, 2.24) is 5.43 Å². The fraction of sp³-hybridized carbons (Fsp3) is 0.111. The Bertz CT molecular complexity index is 518. The summed E-state index contributed by atoms with van der Waals surface area (Å²) >= 11 is 4.52. The van der Waals surface area contributed by atoms with Crippen LogP contribution in [0.2, 0.25) is 0 Å². The minimum atomic E-state index is -0.611. The molecule has 0 radical (unpaired) electrons. The van der Waals surface area contributed by atoms with E-state index in [4.69, 9.17) is 10.5 Å². The van der Waals surface area contributed by atoms with Gasteiger partial charge in [-0.25, -0.2) is 0 Å². The van der Waals surface area contributed by atoms with Crippen LogP contribution in [0.5, 0.6) is 11.5 Å². The van der Waals surface area contributed by atoms with Crippen LogP contribution in [0, 0.1) is 10.1 Å². The van der Waals surface area contributed by atoms with Crippen LogP contribution in [0.25, 0.3) is 0 Å². The summed E-state index contributed by atoms with van der Waals surface area (Å²) in [4.78, 5) is 10.1. The summed E-state index contributed by atoms with van der Waals surface area (Å²) in [6.45, 7) is 0. The molecule has 0 saturated carbocycles. The Hall–Kier alpha value is -2.42. The lowest BCUT2D eigenvalue weighted by atomic mass is 10.2. The lowest BCUT2D eigenvalue weighted by Gasteiger charge is -2.05. The van der Waals surface area contributed by atoms with E-state index < -0.39 is 4.92 Å². The van der Waals surface area contributed by atoms with Crippen molar-refractivity contribution in [2.75, 3.05) is 7.11 Å². The highest BCUT2D eigenvalue weighted by atomic mass is 32.1. The molecule has 0 spiro atoms. The fourth-order valence-corrected chi connectivity index (χ4v) is 1.19. The van der Waals surface area contributed by atoms with Gasteiger partial charge in [-0.3, -0.25) is 15.5 Å². The molecule has 0 aliphatic heterocycles. The van der Waals surface area contributed by atoms with Crippen LogP contribution >= 0.6 is 12.2 Å². The molecular weight excluding hydrogens is 260 g/mol. The van der Waals surface area contributed by atoms with Gasteiger partial charge in [0.25, 0.3) is 5.69 Å². The minimum absolute atomic E-state index is 0.0269. The predicted molar refractivity (Wildman–Crippen MR) is 68.8 cm³/mol. The smallest absolute Gasteiger partial charge is 0.274 e. The number of hydrogen-bond donors (Lipinski definition) is 3. The number of phenolic OH excluding ortho intramolecular Hbond substituents is 1. The number of methoxy groups -OCH3 is 1. The van der Waals surface area contributed by atoms with Gasteiger partial charge in [-0.15, -0.1) is 0 Å². The molecule has 8 nitrogen and oxygen atoms in total. The number of hydrazone groups is 1. The first-order chi connectivity index (χ1) is 8.45. The number of aromatic hydroxyl groups is 1. The van der Waals surface area contributed by atoms with Gasteiger partial charge in [0.2, 0.25) is 0 Å². The predicted octanol–water partition coefficient (Wildman–Crippen LogP) is 0.476. The summed E-state index contributed by atoms with van der Waals surface area (Å²) in [5, 5.41) is 23.9. The van der Waals surface area contributed by atoms with Crippen LogP contribution in [-0.2, 0) is 0 Å². The number of phenols is 1. The van der Waals surface area contributed by atoms with Crippen molar-refractivity contribution in [3.63, 3.8) is 0 Å². The first kappa shape index (κ1) is 13.6. The number of non-ortho nitro benzene ring substituents is 1. The molecular formula is C9H10N4O4S. The molecule has 9 heteroatoms. The Kier molecular flexibility index (Phi) is 4.38. The van der Waals surface area contributed by atoms with Gasteiger partial charge in [-0.2, -0.15) is 5.10 Å². The standard InChI is InChI=1S/C9H10N4O4S/c1-17-7-3-6(13(15)16)2-5(8(7)14)4-11-12-9(10)18/h2-4,14H,1H3,(H3,10,12,18)/b11-4+. The molecule has 1 aromatic rings. The molecule has 4 N–H and O–H groups in total. The monoisotopic (exact) mass is 270 g/mol. The largest absolute Gasteiger partial charge is 0.504 e. The molecule has 0 bridgehead atoms. The van der Waals surface area contributed by atoms with Crippen LogP contribution in [0.3, 0.4) is 0 Å². The Labute approximate surface area is 107 Å². The van der Waals surface area contributed by atoms with Gasteiger partial charge in [0.1, 0.15) is 0 Å². The number of rotatable bonds is 4. The third-order valence-electron chi connectivity index (χ3n) is 1.90. The van der Waals surface area contributed by atoms with E-state index in [2.05, 4.69) is 22.7 Å². The van der Waals surface area contributed by atoms with E-state index in [9.17, 15) is 15.2 Å². The van der Waals surface area contributed by atoms with Crippen LogP contribution in [-0.4, -0.2) is 28.5 Å². The quantitative estimate of drug-likeness (QED) is 0.314. The molecule has 0 atom stereocenters. The topological polar surface area (TPSA) is 123 Å². The van der Waals surface area contributed by atoms with Crippen molar-refractivity contribution in [2.45, 2.75) is 0 Å². The third-order valence-corrected chi connectivity index (χ3v) is 1.99. The van der Waals surface area contributed by atoms with Crippen molar-refractivity contribution in [3.05, 3.63) is 27.8 Å². The molecule has 1 rings (SSSR count). The zero-order valence-corrected chi connectivity index (χ0v) is 10.1. The van der Waals surface area contributed by atoms with E-state index in [1.54, 1.807) is 0 Å². The Morgan fingerprint density at radius 2 is 2.39 bits per heavy atom. The maximum absolute atomic E-state index is 10.7. The maximum Gasteiger partial charge on any atom is 0.274 e. The molecule has 96 valence electrons. The number of thiocarbonyl (C=S) groups is 1. The van der Waals surface area contributed by atoms with E-state index in [0.717, 1.165) is 18.3 Å². The lowest BCUT2D eigenvalue weighted by molar-refractivity contribution is -0.385. The number of hydrogen-bond acceptors (Lipinski definition) is 6. The highest BCUT2D eigenvalue weighted by molar-refractivity contribution is 7.80. The van der Waals surface area contributed by atoms with E-state index >= 15 is 0 Å². The lowest BCUT2D eigenvalue weighted by Crippen LogP contribution is -2.24. The maximum atomic E-state index is 10.7. The molecule has 0 aliphatic carbocycles. The van der Waals surface area contributed by atoms with Gasteiger partial charge < -0.3 is 15.6 Å². The summed E-state index contributed by atoms with van der Waals surface area (Å²) in [6.07, 6.45) is 1.14. The fourth-order valence-electron chi connectivity index (χ4n) is 1.14. The van der Waals surface area contributed by atoms with Crippen molar-refractivity contribution in [3.8, 4) is 11.5 Å². The Morgan fingerprint density at radius 1 is 1.72 bits per heavy atom. The number of nitrogens with zero attached hydrogens (tertiary/aromatic N) is 2. The van der Waals surface area contributed by atoms with Crippen molar-refractivity contribution in [2.24, 2.45) is 10.8 Å². The second kappa shape index (κ2) is 5.77. The Balaban J connectivity index is 3.16. The van der Waals surface area contributed by atoms with Gasteiger partial charge in [-0.05, 0) is 12.2 Å². The number of nitro benzene ring substituents is 1. The van der Waals surface area contributed by atoms with Gasteiger partial charge in [0, 0.05) is 11.6 Å². The first-order valence-electron chi connectivity index (χ1n) is 4.59. The highest BCUT2D eigenvalue weighted by Gasteiger charge is 2.15. The van der Waals surface area contributed by atoms with Crippen molar-refractivity contribution < 1.29 is 14.8 Å². The summed E-state index contributed by atoms with van der Waals surface area (Å²) in [5.41, 5.74) is 7.27. The molecule has 0 unspecified atom stereocenters. The second-order valence-corrected chi connectivity index (χ2v) is 3.52. The van der Waals surface area contributed by atoms with Crippen LogP contribution in [0.15, 0.2) is 17.2 Å². The molecule has 0 heterocycles. The molecule has 0 fully saturated rings. The summed E-state index contributed by atoms with van der Waals surface area (Å²) < 4.78 is 4.82. The zero-order chi connectivity index (χ0) is 13.7. The number of nitrogens with one attached hydrogen (secondary N) is 1. The molecule has 0 amide bonds. The average Bonchev–Trinajstić information content (AvgIpc) is 2.30. The average molecular weight is 270 g/mol. The van der Waals surface area contributed by atoms with Crippen LogP contribution in [0.1, 0.15) is 5.56 Å². The molecule has 0 aliphatic rings. The number of benzene rings is 1. The SMILES string of the molecule is COc1cc([N+](=O)[O-])cc(/C=N/NC(N)=S)c1O. The summed E-state index contributed by atoms with van der Waals surface area (Å²) in [6, 6.07) is 2.25. The van der Waals surface area contributed by atoms with Gasteiger partial charge >= 0.3 is 0 Å². The van der Waals surface area contributed by atoms with Gasteiger partial charge in [0.05, 0.1) is 24.3 Å². The van der Waals surface area contributed by atoms with Crippen molar-refractivity contribution >= 4 is 29.2 Å². The van der Waals surface area contributed by atoms with E-state index in [0.29, 0.717) is 0 Å². The van der Waals surface area contributed by atoms with Gasteiger partial charge in [-0.1, -0.05) is 0 Å². The van der Waals surface area contributed by atoms with Crippen LogP contribution < -0.4 is 15.9 Å². The molecule has 0 aromatic heterocycles. The molecule has 0 saturated heterocycles. The zero-order valence-electron chi connectivity index (χ0n) is 9.28. The second-order valence-electron chi connectivity index (χ2n) is 3.08. The molecule has 18 heavy (non-hydrogen) atoms. The first-order valence-corrected chi connectivity index (χ1v) is 5.00. The third kappa shape index (κ3) is 3.28. The van der Waals surface area contributed by atoms with E-state index in [-0.39, 0.29) is 27.9 Å². The van der Waals surface area contributed by atoms with Crippen molar-refractivity contribution in [1.29, 1.82) is 0 Å². The number of nitro groups is 1. The molecule has 1 aromatic carbocycles. The Morgan fingerprint density at radius 3 is 2.89 bits per heavy atom. The normalized spacial score (nSPS) is 10.3. The number of ether oxygens (including phenoxy) is 1. The highest BCUT2D eigenvalue weighted by Crippen LogP contribution is 2.33. The summed E-state index contributed by atoms with van der Waals surface area (Å²) in [5.74, 6) is -0.294. The summed E-state index contributed by atoms with van der Waals surface area (Å²) in [7, 11) is 1.28.